The van der Waals surface area contributed by atoms with Crippen LogP contribution in [0.2, 0.25) is 0 Å². The maximum absolute atomic E-state index is 10.7. The number of pyridine rings is 1. The lowest BCUT2D eigenvalue weighted by molar-refractivity contribution is 0.111. The number of carbonyl (C=O) groups is 1. The van der Waals surface area contributed by atoms with Crippen LogP contribution in [0.25, 0.3) is 11.0 Å². The second-order valence-corrected chi connectivity index (χ2v) is 3.54. The summed E-state index contributed by atoms with van der Waals surface area (Å²) in [6.07, 6.45) is 2.54. The van der Waals surface area contributed by atoms with Crippen molar-refractivity contribution in [3.8, 4) is 0 Å². The van der Waals surface area contributed by atoms with Gasteiger partial charge in [0.1, 0.15) is 5.65 Å². The number of aldehydes is 1. The number of fused-ring (bicyclic) bond motifs is 1. The van der Waals surface area contributed by atoms with E-state index in [4.69, 9.17) is 0 Å². The van der Waals surface area contributed by atoms with E-state index in [0.717, 1.165) is 21.8 Å². The summed E-state index contributed by atoms with van der Waals surface area (Å²) in [6, 6.07) is 3.78. The van der Waals surface area contributed by atoms with Gasteiger partial charge in [0.05, 0.1) is 10.2 Å². The van der Waals surface area contributed by atoms with Gasteiger partial charge in [0.25, 0.3) is 0 Å². The van der Waals surface area contributed by atoms with Gasteiger partial charge < -0.3 is 4.57 Å². The quantitative estimate of drug-likeness (QED) is 0.714. The zero-order chi connectivity index (χ0) is 9.42. The molecule has 0 fully saturated rings. The fraction of sp³-hybridized carbons (Fsp3) is 0.111. The fourth-order valence-electron chi connectivity index (χ4n) is 1.37. The van der Waals surface area contributed by atoms with E-state index < -0.39 is 0 Å². The third-order valence-electron chi connectivity index (χ3n) is 2.04. The van der Waals surface area contributed by atoms with Crippen LogP contribution < -0.4 is 0 Å². The summed E-state index contributed by atoms with van der Waals surface area (Å²) in [6.45, 7) is 0. The highest BCUT2D eigenvalue weighted by molar-refractivity contribution is 9.10. The van der Waals surface area contributed by atoms with Crippen LogP contribution in [0, 0.1) is 0 Å². The molecule has 2 rings (SSSR count). The number of halogens is 1. The number of aromatic nitrogens is 2. The normalized spacial score (nSPS) is 10.6. The number of aryl methyl sites for hydroxylation is 1. The first-order valence-corrected chi connectivity index (χ1v) is 4.59. The lowest BCUT2D eigenvalue weighted by Crippen LogP contribution is -1.94. The highest BCUT2D eigenvalue weighted by Gasteiger charge is 2.11. The van der Waals surface area contributed by atoms with E-state index in [1.165, 1.54) is 0 Å². The first-order chi connectivity index (χ1) is 6.25. The summed E-state index contributed by atoms with van der Waals surface area (Å²) in [7, 11) is 1.82. The minimum absolute atomic E-state index is 0.619. The Morgan fingerprint density at radius 2 is 2.38 bits per heavy atom. The van der Waals surface area contributed by atoms with Crippen molar-refractivity contribution in [3.05, 3.63) is 28.5 Å². The van der Waals surface area contributed by atoms with E-state index in [1.54, 1.807) is 10.8 Å². The first kappa shape index (κ1) is 8.44. The van der Waals surface area contributed by atoms with Crippen molar-refractivity contribution >= 4 is 33.2 Å². The molecule has 0 atom stereocenters. The fourth-order valence-corrected chi connectivity index (χ4v) is 2.03. The van der Waals surface area contributed by atoms with Crippen LogP contribution >= 0.6 is 15.9 Å². The zero-order valence-corrected chi connectivity index (χ0v) is 8.58. The summed E-state index contributed by atoms with van der Waals surface area (Å²) in [4.78, 5) is 14.9. The van der Waals surface area contributed by atoms with Crippen LogP contribution in [0.5, 0.6) is 0 Å². The molecular weight excluding hydrogens is 232 g/mol. The lowest BCUT2D eigenvalue weighted by Gasteiger charge is -1.94. The van der Waals surface area contributed by atoms with Crippen molar-refractivity contribution < 1.29 is 4.79 Å². The zero-order valence-electron chi connectivity index (χ0n) is 6.99. The van der Waals surface area contributed by atoms with Crippen molar-refractivity contribution in [2.75, 3.05) is 0 Å². The van der Waals surface area contributed by atoms with E-state index in [0.29, 0.717) is 5.69 Å². The molecule has 0 spiro atoms. The third kappa shape index (κ3) is 1.09. The van der Waals surface area contributed by atoms with Gasteiger partial charge in [-0.2, -0.15) is 0 Å². The molecule has 0 amide bonds. The molecule has 0 aliphatic carbocycles. The highest BCUT2D eigenvalue weighted by atomic mass is 79.9. The number of carbonyl (C=O) groups excluding carboxylic acids is 1. The van der Waals surface area contributed by atoms with Gasteiger partial charge in [0, 0.05) is 18.6 Å². The minimum Gasteiger partial charge on any atom is -0.325 e. The summed E-state index contributed by atoms with van der Waals surface area (Å²) in [5.74, 6) is 0. The predicted octanol–water partition coefficient (Wildman–Crippen LogP) is 2.15. The van der Waals surface area contributed by atoms with Crippen molar-refractivity contribution in [2.24, 2.45) is 7.05 Å². The molecule has 2 aromatic rings. The molecule has 2 aromatic heterocycles. The molecule has 0 unspecified atom stereocenters. The molecule has 0 saturated carbocycles. The lowest BCUT2D eigenvalue weighted by atomic mass is 10.3. The molecule has 66 valence electrons. The molecule has 2 heterocycles. The van der Waals surface area contributed by atoms with Crippen LogP contribution in [0.3, 0.4) is 0 Å². The number of nitrogens with zero attached hydrogens (tertiary/aromatic N) is 2. The van der Waals surface area contributed by atoms with Gasteiger partial charge in [-0.05, 0) is 28.1 Å². The van der Waals surface area contributed by atoms with E-state index in [2.05, 4.69) is 20.9 Å². The topological polar surface area (TPSA) is 34.9 Å². The van der Waals surface area contributed by atoms with Crippen LogP contribution in [0.4, 0.5) is 0 Å². The van der Waals surface area contributed by atoms with Crippen molar-refractivity contribution in [1.82, 2.24) is 9.55 Å². The number of hydrogen-bond acceptors (Lipinski definition) is 2. The average molecular weight is 239 g/mol. The summed E-state index contributed by atoms with van der Waals surface area (Å²) >= 11 is 3.37. The Hall–Kier alpha value is -1.16. The molecule has 0 aromatic carbocycles. The first-order valence-electron chi connectivity index (χ1n) is 3.79. The summed E-state index contributed by atoms with van der Waals surface area (Å²) in [5.41, 5.74) is 1.44. The smallest absolute Gasteiger partial charge is 0.167 e. The Balaban J connectivity index is 2.96. The molecule has 0 N–H and O–H groups in total. The molecule has 0 aliphatic rings. The minimum atomic E-state index is 0.619. The Morgan fingerprint density at radius 1 is 1.62 bits per heavy atom. The van der Waals surface area contributed by atoms with Gasteiger partial charge in [0.15, 0.2) is 6.29 Å². The number of rotatable bonds is 1. The monoisotopic (exact) mass is 238 g/mol. The van der Waals surface area contributed by atoms with E-state index in [-0.39, 0.29) is 0 Å². The summed E-state index contributed by atoms with van der Waals surface area (Å²) in [5, 5.41) is 0.965. The maximum Gasteiger partial charge on any atom is 0.167 e. The van der Waals surface area contributed by atoms with Gasteiger partial charge in [-0.3, -0.25) is 4.79 Å². The Kier molecular flexibility index (Phi) is 1.92. The predicted molar refractivity (Wildman–Crippen MR) is 53.8 cm³/mol. The van der Waals surface area contributed by atoms with Gasteiger partial charge in [-0.25, -0.2) is 4.98 Å². The van der Waals surface area contributed by atoms with Crippen molar-refractivity contribution in [1.29, 1.82) is 0 Å². The van der Waals surface area contributed by atoms with Crippen LogP contribution in [0.1, 0.15) is 10.5 Å². The van der Waals surface area contributed by atoms with Crippen molar-refractivity contribution in [3.63, 3.8) is 0 Å². The molecule has 3 nitrogen and oxygen atoms in total. The highest BCUT2D eigenvalue weighted by Crippen LogP contribution is 2.27. The Labute approximate surface area is 83.5 Å². The molecule has 0 aliphatic heterocycles. The van der Waals surface area contributed by atoms with Crippen LogP contribution in [-0.4, -0.2) is 15.8 Å². The number of hydrogen-bond donors (Lipinski definition) is 0. The molecule has 13 heavy (non-hydrogen) atoms. The standard InChI is InChI=1S/C9H7BrN2O/c1-12-7(5-13)8(10)6-3-2-4-11-9(6)12/h2-5H,1H3. The van der Waals surface area contributed by atoms with Crippen LogP contribution in [0.15, 0.2) is 22.8 Å². The van der Waals surface area contributed by atoms with Gasteiger partial charge in [-0.1, -0.05) is 0 Å². The van der Waals surface area contributed by atoms with Crippen molar-refractivity contribution in [2.45, 2.75) is 0 Å². The van der Waals surface area contributed by atoms with E-state index in [9.17, 15) is 4.79 Å². The second kappa shape index (κ2) is 2.96. The van der Waals surface area contributed by atoms with Gasteiger partial charge >= 0.3 is 0 Å². The SMILES string of the molecule is Cn1c(C=O)c(Br)c2cccnc21. The van der Waals surface area contributed by atoms with Gasteiger partial charge in [0.2, 0.25) is 0 Å². The molecule has 0 saturated heterocycles. The molecule has 4 heteroatoms. The molecule has 0 radical (unpaired) electrons. The second-order valence-electron chi connectivity index (χ2n) is 2.75. The molecular formula is C9H7BrN2O. The third-order valence-corrected chi connectivity index (χ3v) is 2.87. The van der Waals surface area contributed by atoms with E-state index >= 15 is 0 Å². The van der Waals surface area contributed by atoms with Crippen LogP contribution in [-0.2, 0) is 7.05 Å². The Bertz CT molecular complexity index is 437. The average Bonchev–Trinajstić information content (AvgIpc) is 2.41. The molecule has 0 bridgehead atoms. The Morgan fingerprint density at radius 3 is 3.00 bits per heavy atom. The van der Waals surface area contributed by atoms with E-state index in [1.807, 2.05) is 19.2 Å². The van der Waals surface area contributed by atoms with Gasteiger partial charge in [-0.15, -0.1) is 0 Å². The largest absolute Gasteiger partial charge is 0.325 e. The maximum atomic E-state index is 10.7. The summed E-state index contributed by atoms with van der Waals surface area (Å²) < 4.78 is 2.58.